The Morgan fingerprint density at radius 3 is 2.08 bits per heavy atom. The van der Waals surface area contributed by atoms with Crippen LogP contribution in [-0.2, 0) is 9.59 Å². The highest BCUT2D eigenvalue weighted by atomic mass is 35.5. The number of hydrogen-bond donors (Lipinski definition) is 2. The molecule has 2 saturated heterocycles. The molecule has 2 heterocycles. The van der Waals surface area contributed by atoms with E-state index in [0.29, 0.717) is 12.8 Å². The van der Waals surface area contributed by atoms with Crippen LogP contribution in [-0.4, -0.2) is 42.4 Å². The fraction of sp³-hybridized carbons (Fsp3) is 0.833. The number of piperidine rings is 1. The van der Waals surface area contributed by atoms with Crippen LogP contribution in [0, 0.1) is 5.41 Å². The minimum Gasteiger partial charge on any atom is -0.303 e. The second kappa shape index (κ2) is 10.8. The lowest BCUT2D eigenvalue weighted by Crippen LogP contribution is -2.63. The Morgan fingerprint density at radius 2 is 1.48 bits per heavy atom. The zero-order valence-corrected chi connectivity index (χ0v) is 16.1. The van der Waals surface area contributed by atoms with Crippen molar-refractivity contribution in [2.45, 2.75) is 71.1 Å². The monoisotopic (exact) mass is 373 g/mol. The second-order valence-corrected chi connectivity index (χ2v) is 7.14. The predicted octanol–water partition coefficient (Wildman–Crippen LogP) is 3.00. The average molecular weight is 374 g/mol. The van der Waals surface area contributed by atoms with E-state index in [9.17, 15) is 14.4 Å². The van der Waals surface area contributed by atoms with E-state index in [1.807, 2.05) is 0 Å². The van der Waals surface area contributed by atoms with Crippen molar-refractivity contribution >= 4 is 30.3 Å². The van der Waals surface area contributed by atoms with E-state index in [4.69, 9.17) is 0 Å². The normalized spacial score (nSPS) is 20.6. The summed E-state index contributed by atoms with van der Waals surface area (Å²) in [6, 6.07) is -0.690. The van der Waals surface area contributed by atoms with E-state index >= 15 is 0 Å². The fourth-order valence-electron chi connectivity index (χ4n) is 3.72. The van der Waals surface area contributed by atoms with Crippen molar-refractivity contribution in [2.24, 2.45) is 5.41 Å². The Labute approximate surface area is 156 Å². The molecule has 2 aliphatic heterocycles. The van der Waals surface area contributed by atoms with Gasteiger partial charge in [0.05, 0.1) is 0 Å². The van der Waals surface area contributed by atoms with Gasteiger partial charge in [-0.1, -0.05) is 45.4 Å². The number of carbonyl (C=O) groups is 3. The number of urea groups is 1. The third-order valence-corrected chi connectivity index (χ3v) is 5.33. The quantitative estimate of drug-likeness (QED) is 0.481. The van der Waals surface area contributed by atoms with Gasteiger partial charge in [0.2, 0.25) is 11.8 Å². The van der Waals surface area contributed by atoms with E-state index in [-0.39, 0.29) is 12.4 Å². The number of hydrogen-bond acceptors (Lipinski definition) is 4. The van der Waals surface area contributed by atoms with Crippen LogP contribution in [0.15, 0.2) is 0 Å². The van der Waals surface area contributed by atoms with Gasteiger partial charge in [0.1, 0.15) is 5.41 Å². The lowest BCUT2D eigenvalue weighted by molar-refractivity contribution is -0.146. The van der Waals surface area contributed by atoms with Crippen molar-refractivity contribution in [1.82, 2.24) is 15.5 Å². The smallest absolute Gasteiger partial charge is 0.303 e. The Hall–Kier alpha value is -1.14. The Morgan fingerprint density at radius 1 is 0.880 bits per heavy atom. The maximum Gasteiger partial charge on any atom is 0.328 e. The number of carbonyl (C=O) groups excluding carboxylic acids is 3. The van der Waals surface area contributed by atoms with Crippen LogP contribution >= 0.6 is 12.4 Å². The number of halogens is 1. The van der Waals surface area contributed by atoms with Crippen molar-refractivity contribution in [3.05, 3.63) is 0 Å². The minimum absolute atomic E-state index is 0. The van der Waals surface area contributed by atoms with Gasteiger partial charge in [-0.15, -0.1) is 12.4 Å². The molecule has 0 atom stereocenters. The number of nitrogens with zero attached hydrogens (tertiary/aromatic N) is 1. The van der Waals surface area contributed by atoms with Gasteiger partial charge >= 0.3 is 6.03 Å². The van der Waals surface area contributed by atoms with E-state index < -0.39 is 23.3 Å². The van der Waals surface area contributed by atoms with Gasteiger partial charge in [-0.3, -0.25) is 20.2 Å². The molecule has 6 nitrogen and oxygen atoms in total. The first-order valence-corrected chi connectivity index (χ1v) is 9.48. The summed E-state index contributed by atoms with van der Waals surface area (Å²) in [5.74, 6) is -0.826. The summed E-state index contributed by atoms with van der Waals surface area (Å²) in [5, 5.41) is 4.62. The fourth-order valence-corrected chi connectivity index (χ4v) is 3.72. The predicted molar refractivity (Wildman–Crippen MR) is 99.6 cm³/mol. The number of rotatable bonds is 9. The number of nitrogens with one attached hydrogen (secondary N) is 2. The number of imide groups is 2. The zero-order chi connectivity index (χ0) is 17.4. The zero-order valence-electron chi connectivity index (χ0n) is 15.3. The molecular weight excluding hydrogens is 342 g/mol. The molecular formula is C18H32ClN3O3. The number of unbranched alkanes of at least 4 members (excludes halogenated alkanes) is 4. The van der Waals surface area contributed by atoms with Gasteiger partial charge in [-0.25, -0.2) is 4.79 Å². The molecule has 25 heavy (non-hydrogen) atoms. The molecule has 2 aliphatic rings. The van der Waals surface area contributed by atoms with Gasteiger partial charge in [0, 0.05) is 0 Å². The van der Waals surface area contributed by atoms with Crippen molar-refractivity contribution in [3.8, 4) is 0 Å². The summed E-state index contributed by atoms with van der Waals surface area (Å²) in [6.45, 7) is 4.97. The molecule has 0 aliphatic carbocycles. The molecule has 2 rings (SSSR count). The van der Waals surface area contributed by atoms with Crippen molar-refractivity contribution < 1.29 is 14.4 Å². The summed E-state index contributed by atoms with van der Waals surface area (Å²) in [7, 11) is 0. The van der Waals surface area contributed by atoms with E-state index in [1.165, 1.54) is 25.7 Å². The molecule has 144 valence electrons. The van der Waals surface area contributed by atoms with Crippen molar-refractivity contribution in [2.75, 3.05) is 19.6 Å². The molecule has 0 aromatic rings. The molecule has 2 fully saturated rings. The highest BCUT2D eigenvalue weighted by Crippen LogP contribution is 2.33. The Balaban J connectivity index is 0.00000312. The first-order valence-electron chi connectivity index (χ1n) is 9.48. The molecule has 0 aromatic heterocycles. The maximum absolute atomic E-state index is 12.5. The van der Waals surface area contributed by atoms with Gasteiger partial charge in [-0.2, -0.15) is 0 Å². The minimum atomic E-state index is -1.09. The van der Waals surface area contributed by atoms with E-state index in [2.05, 4.69) is 22.5 Å². The highest BCUT2D eigenvalue weighted by molar-refractivity contribution is 6.19. The van der Waals surface area contributed by atoms with Gasteiger partial charge < -0.3 is 4.90 Å². The van der Waals surface area contributed by atoms with Crippen LogP contribution in [0.1, 0.15) is 71.1 Å². The molecule has 0 radical (unpaired) electrons. The molecule has 7 heteroatoms. The average Bonchev–Trinajstić information content (AvgIpc) is 2.57. The molecule has 0 unspecified atom stereocenters. The van der Waals surface area contributed by atoms with Crippen molar-refractivity contribution in [1.29, 1.82) is 0 Å². The molecule has 0 spiro atoms. The summed E-state index contributed by atoms with van der Waals surface area (Å²) in [4.78, 5) is 38.8. The Kier molecular flexibility index (Phi) is 9.43. The second-order valence-electron chi connectivity index (χ2n) is 7.14. The van der Waals surface area contributed by atoms with E-state index in [0.717, 1.165) is 45.3 Å². The van der Waals surface area contributed by atoms with Crippen LogP contribution in [0.2, 0.25) is 0 Å². The topological polar surface area (TPSA) is 78.5 Å². The lowest BCUT2D eigenvalue weighted by Gasteiger charge is -2.36. The first-order chi connectivity index (χ1) is 11.6. The number of barbiturate groups is 1. The number of amides is 4. The largest absolute Gasteiger partial charge is 0.328 e. The Bertz CT molecular complexity index is 444. The van der Waals surface area contributed by atoms with Crippen LogP contribution in [0.4, 0.5) is 4.79 Å². The van der Waals surface area contributed by atoms with Gasteiger partial charge in [0.25, 0.3) is 0 Å². The first kappa shape index (κ1) is 21.9. The summed E-state index contributed by atoms with van der Waals surface area (Å²) < 4.78 is 0. The molecule has 0 aromatic carbocycles. The standard InChI is InChI=1S/C18H31N3O3.ClH/c1-2-3-4-5-7-10-18(11-14-21-12-8-6-9-13-21)15(22)19-17(24)20-16(18)23;/h2-14H2,1H3,(H2,19,20,22,23,24);1H. The SMILES string of the molecule is CCCCCCCC1(CCN2CCCCC2)C(=O)NC(=O)NC1=O.Cl. The molecule has 0 saturated carbocycles. The lowest BCUT2D eigenvalue weighted by atomic mass is 9.76. The van der Waals surface area contributed by atoms with Crippen LogP contribution in [0.5, 0.6) is 0 Å². The summed E-state index contributed by atoms with van der Waals surface area (Å²) >= 11 is 0. The molecule has 4 amide bonds. The molecule has 0 bridgehead atoms. The summed E-state index contributed by atoms with van der Waals surface area (Å²) in [6.07, 6.45) is 9.97. The number of likely N-dealkylation sites (tertiary alicyclic amines) is 1. The van der Waals surface area contributed by atoms with Crippen LogP contribution in [0.3, 0.4) is 0 Å². The van der Waals surface area contributed by atoms with Crippen LogP contribution in [0.25, 0.3) is 0 Å². The van der Waals surface area contributed by atoms with E-state index in [1.54, 1.807) is 0 Å². The molecule has 2 N–H and O–H groups in total. The van der Waals surface area contributed by atoms with Gasteiger partial charge in [-0.05, 0) is 45.3 Å². The highest BCUT2D eigenvalue weighted by Gasteiger charge is 2.49. The third-order valence-electron chi connectivity index (χ3n) is 5.33. The van der Waals surface area contributed by atoms with Crippen LogP contribution < -0.4 is 10.6 Å². The van der Waals surface area contributed by atoms with Gasteiger partial charge in [0.15, 0.2) is 0 Å². The third kappa shape index (κ3) is 5.96. The summed E-state index contributed by atoms with van der Waals surface area (Å²) in [5.41, 5.74) is -1.09. The maximum atomic E-state index is 12.5. The van der Waals surface area contributed by atoms with Crippen molar-refractivity contribution in [3.63, 3.8) is 0 Å².